The highest BCUT2D eigenvalue weighted by Crippen LogP contribution is 2.42. The lowest BCUT2D eigenvalue weighted by Gasteiger charge is -2.28. The monoisotopic (exact) mass is 536 g/mol. The van der Waals surface area contributed by atoms with Crippen molar-refractivity contribution < 1.29 is 28.9 Å². The SMILES string of the molecule is CCCOc1ccc([C@@H]2/C(=C(\O)c3ccc4c(c3)C[C@H](C)O4)C(=O)C(=O)N2CCN(CC)CC)cc1OCC. The van der Waals surface area contributed by atoms with E-state index in [1.807, 2.05) is 51.1 Å². The average Bonchev–Trinajstić information content (AvgIpc) is 3.43. The van der Waals surface area contributed by atoms with Crippen molar-refractivity contribution in [2.45, 2.75) is 59.6 Å². The molecule has 1 saturated heterocycles. The lowest BCUT2D eigenvalue weighted by molar-refractivity contribution is -0.140. The highest BCUT2D eigenvalue weighted by molar-refractivity contribution is 6.46. The Hall–Kier alpha value is -3.52. The van der Waals surface area contributed by atoms with Gasteiger partial charge in [0.15, 0.2) is 11.5 Å². The number of likely N-dealkylation sites (tertiary alicyclic amines) is 1. The molecule has 0 aliphatic carbocycles. The Morgan fingerprint density at radius 3 is 2.51 bits per heavy atom. The Morgan fingerprint density at radius 2 is 1.82 bits per heavy atom. The quantitative estimate of drug-likeness (QED) is 0.233. The predicted octanol–water partition coefficient (Wildman–Crippen LogP) is 4.96. The van der Waals surface area contributed by atoms with Crippen molar-refractivity contribution in [1.29, 1.82) is 0 Å². The summed E-state index contributed by atoms with van der Waals surface area (Å²) in [6, 6.07) is 10.1. The number of amides is 1. The number of ether oxygens (including phenoxy) is 3. The number of hydrogen-bond donors (Lipinski definition) is 1. The van der Waals surface area contributed by atoms with E-state index in [0.717, 1.165) is 37.2 Å². The van der Waals surface area contributed by atoms with Gasteiger partial charge in [-0.1, -0.05) is 26.8 Å². The van der Waals surface area contributed by atoms with E-state index in [-0.39, 0.29) is 17.4 Å². The fourth-order valence-corrected chi connectivity index (χ4v) is 5.27. The topological polar surface area (TPSA) is 88.5 Å². The highest BCUT2D eigenvalue weighted by Gasteiger charge is 2.46. The van der Waals surface area contributed by atoms with Gasteiger partial charge >= 0.3 is 0 Å². The van der Waals surface area contributed by atoms with E-state index in [4.69, 9.17) is 14.2 Å². The fourth-order valence-electron chi connectivity index (χ4n) is 5.27. The highest BCUT2D eigenvalue weighted by atomic mass is 16.5. The van der Waals surface area contributed by atoms with E-state index in [2.05, 4.69) is 18.7 Å². The van der Waals surface area contributed by atoms with E-state index in [0.29, 0.717) is 48.9 Å². The minimum atomic E-state index is -0.761. The van der Waals surface area contributed by atoms with E-state index >= 15 is 0 Å². The number of aliphatic hydroxyl groups excluding tert-OH is 1. The zero-order valence-corrected chi connectivity index (χ0v) is 23.7. The number of carbonyl (C=O) groups excluding carboxylic acids is 2. The van der Waals surface area contributed by atoms with Crippen LogP contribution < -0.4 is 14.2 Å². The molecule has 39 heavy (non-hydrogen) atoms. The zero-order valence-electron chi connectivity index (χ0n) is 23.7. The maximum atomic E-state index is 13.5. The lowest BCUT2D eigenvalue weighted by atomic mass is 9.94. The molecular formula is C31H40N2O6. The van der Waals surface area contributed by atoms with Gasteiger partial charge in [0.1, 0.15) is 17.6 Å². The minimum absolute atomic E-state index is 0.0495. The molecule has 2 aromatic rings. The Morgan fingerprint density at radius 1 is 1.05 bits per heavy atom. The van der Waals surface area contributed by atoms with Crippen molar-refractivity contribution in [3.8, 4) is 17.2 Å². The van der Waals surface area contributed by atoms with Gasteiger partial charge in [-0.15, -0.1) is 0 Å². The number of nitrogens with zero attached hydrogens (tertiary/aromatic N) is 2. The van der Waals surface area contributed by atoms with Crippen molar-refractivity contribution in [2.75, 3.05) is 39.4 Å². The summed E-state index contributed by atoms with van der Waals surface area (Å²) in [4.78, 5) is 30.7. The lowest BCUT2D eigenvalue weighted by Crippen LogP contribution is -2.38. The van der Waals surface area contributed by atoms with Crippen molar-refractivity contribution >= 4 is 17.4 Å². The number of benzene rings is 2. The first-order chi connectivity index (χ1) is 18.8. The normalized spacial score (nSPS) is 19.9. The summed E-state index contributed by atoms with van der Waals surface area (Å²) in [5.41, 5.74) is 2.22. The molecule has 2 atom stereocenters. The van der Waals surface area contributed by atoms with Crippen LogP contribution in [0.15, 0.2) is 42.0 Å². The number of rotatable bonds is 12. The van der Waals surface area contributed by atoms with Gasteiger partial charge in [0, 0.05) is 25.1 Å². The smallest absolute Gasteiger partial charge is 0.295 e. The second-order valence-electron chi connectivity index (χ2n) is 9.96. The average molecular weight is 537 g/mol. The Kier molecular flexibility index (Phi) is 9.17. The first kappa shape index (κ1) is 28.5. The Bertz CT molecular complexity index is 1240. The van der Waals surface area contributed by atoms with Gasteiger partial charge in [-0.3, -0.25) is 9.59 Å². The van der Waals surface area contributed by atoms with Crippen LogP contribution in [-0.4, -0.2) is 72.1 Å². The standard InChI is InChI=1S/C31H40N2O6/c1-6-16-38-25-13-10-21(19-26(25)37-9-4)28-27(30(35)31(36)33(28)15-14-32(7-2)8-3)29(34)22-11-12-24-23(18-22)17-20(5)39-24/h10-13,18-20,28,34H,6-9,14-17H2,1-5H3/b29-27+/t20-,28+/m0/s1. The van der Waals surface area contributed by atoms with Crippen LogP contribution in [0, 0.1) is 0 Å². The molecule has 0 bridgehead atoms. The molecule has 2 aliphatic rings. The summed E-state index contributed by atoms with van der Waals surface area (Å²) in [7, 11) is 0. The van der Waals surface area contributed by atoms with Gasteiger partial charge in [0.2, 0.25) is 0 Å². The summed E-state index contributed by atoms with van der Waals surface area (Å²) in [5.74, 6) is 0.439. The molecule has 2 aliphatic heterocycles. The predicted molar refractivity (Wildman–Crippen MR) is 150 cm³/mol. The summed E-state index contributed by atoms with van der Waals surface area (Å²) in [6.45, 7) is 13.7. The molecule has 0 aromatic heterocycles. The molecule has 1 amide bonds. The van der Waals surface area contributed by atoms with Crippen molar-refractivity contribution in [3.63, 3.8) is 0 Å². The molecule has 1 fully saturated rings. The molecule has 2 heterocycles. The zero-order chi connectivity index (χ0) is 28.1. The van der Waals surface area contributed by atoms with Gasteiger partial charge < -0.3 is 29.1 Å². The first-order valence-corrected chi connectivity index (χ1v) is 14.0. The number of aliphatic hydroxyl groups is 1. The second-order valence-corrected chi connectivity index (χ2v) is 9.96. The van der Waals surface area contributed by atoms with Crippen molar-refractivity contribution in [1.82, 2.24) is 9.80 Å². The minimum Gasteiger partial charge on any atom is -0.507 e. The largest absolute Gasteiger partial charge is 0.507 e. The number of carbonyl (C=O) groups is 2. The van der Waals surface area contributed by atoms with Crippen LogP contribution in [-0.2, 0) is 16.0 Å². The van der Waals surface area contributed by atoms with Crippen LogP contribution in [0.1, 0.15) is 63.8 Å². The van der Waals surface area contributed by atoms with Crippen molar-refractivity contribution in [2.24, 2.45) is 0 Å². The third kappa shape index (κ3) is 5.91. The van der Waals surface area contributed by atoms with Crippen LogP contribution in [0.3, 0.4) is 0 Å². The molecule has 0 saturated carbocycles. The third-order valence-electron chi connectivity index (χ3n) is 7.31. The summed E-state index contributed by atoms with van der Waals surface area (Å²) in [5, 5.41) is 11.5. The molecule has 8 heteroatoms. The van der Waals surface area contributed by atoms with E-state index in [9.17, 15) is 14.7 Å². The number of fused-ring (bicyclic) bond motifs is 1. The number of Topliss-reactive ketones (excluding diaryl/α,β-unsaturated/α-hetero) is 1. The Balaban J connectivity index is 1.81. The van der Waals surface area contributed by atoms with Crippen LogP contribution >= 0.6 is 0 Å². The molecule has 1 N–H and O–H groups in total. The Labute approximate surface area is 231 Å². The van der Waals surface area contributed by atoms with Gasteiger partial charge in [-0.2, -0.15) is 0 Å². The van der Waals surface area contributed by atoms with E-state index in [1.165, 1.54) is 0 Å². The molecule has 0 unspecified atom stereocenters. The molecule has 2 aromatic carbocycles. The third-order valence-corrected chi connectivity index (χ3v) is 7.31. The summed E-state index contributed by atoms with van der Waals surface area (Å²) in [6.07, 6.45) is 1.62. The van der Waals surface area contributed by atoms with E-state index in [1.54, 1.807) is 11.0 Å². The maximum Gasteiger partial charge on any atom is 0.295 e. The molecule has 8 nitrogen and oxygen atoms in total. The van der Waals surface area contributed by atoms with Gasteiger partial charge in [0.25, 0.3) is 11.7 Å². The van der Waals surface area contributed by atoms with Crippen LogP contribution in [0.5, 0.6) is 17.2 Å². The number of hydrogen-bond acceptors (Lipinski definition) is 7. The maximum absolute atomic E-state index is 13.5. The molecule has 4 rings (SSSR count). The first-order valence-electron chi connectivity index (χ1n) is 14.0. The molecule has 0 radical (unpaired) electrons. The molecular weight excluding hydrogens is 496 g/mol. The van der Waals surface area contributed by atoms with Gasteiger partial charge in [-0.25, -0.2) is 0 Å². The molecule has 210 valence electrons. The summed E-state index contributed by atoms with van der Waals surface area (Å²) < 4.78 is 17.6. The van der Waals surface area contributed by atoms with Crippen molar-refractivity contribution in [3.05, 3.63) is 58.7 Å². The number of likely N-dealkylation sites (N-methyl/N-ethyl adjacent to an activating group) is 1. The van der Waals surface area contributed by atoms with Crippen LogP contribution in [0.25, 0.3) is 5.76 Å². The van der Waals surface area contributed by atoms with Gasteiger partial charge in [-0.05, 0) is 74.8 Å². The van der Waals surface area contributed by atoms with Crippen LogP contribution in [0.4, 0.5) is 0 Å². The molecule has 0 spiro atoms. The summed E-state index contributed by atoms with van der Waals surface area (Å²) >= 11 is 0. The second kappa shape index (κ2) is 12.6. The van der Waals surface area contributed by atoms with Crippen LogP contribution in [0.2, 0.25) is 0 Å². The number of ketones is 1. The van der Waals surface area contributed by atoms with Gasteiger partial charge in [0.05, 0.1) is 24.8 Å². The van der Waals surface area contributed by atoms with E-state index < -0.39 is 17.7 Å². The fraction of sp³-hybridized carbons (Fsp3) is 0.484.